The van der Waals surface area contributed by atoms with Gasteiger partial charge in [0.25, 0.3) is 5.56 Å². The van der Waals surface area contributed by atoms with Crippen LogP contribution in [0.5, 0.6) is 17.9 Å². The van der Waals surface area contributed by atoms with E-state index in [-0.39, 0.29) is 29.5 Å². The van der Waals surface area contributed by atoms with E-state index in [1.807, 2.05) is 13.8 Å². The number of nitrogens with one attached hydrogen (secondary N) is 2. The van der Waals surface area contributed by atoms with E-state index in [2.05, 4.69) is 30.5 Å². The quantitative estimate of drug-likeness (QED) is 0.809. The van der Waals surface area contributed by atoms with E-state index in [9.17, 15) is 4.79 Å². The van der Waals surface area contributed by atoms with E-state index in [1.54, 1.807) is 0 Å². The zero-order chi connectivity index (χ0) is 15.2. The molecule has 2 rings (SSSR count). The van der Waals surface area contributed by atoms with Gasteiger partial charge in [-0.15, -0.1) is 10.1 Å². The van der Waals surface area contributed by atoms with Crippen molar-refractivity contribution in [3.63, 3.8) is 0 Å². The highest BCUT2D eigenvalue weighted by atomic mass is 16.5. The predicted molar refractivity (Wildman–Crippen MR) is 74.7 cm³/mol. The number of methoxy groups -OCH3 is 1. The Hall–Kier alpha value is -2.71. The van der Waals surface area contributed by atoms with Gasteiger partial charge in [0.2, 0.25) is 11.8 Å². The van der Waals surface area contributed by atoms with Crippen LogP contribution >= 0.6 is 0 Å². The van der Waals surface area contributed by atoms with Crippen LogP contribution in [0.1, 0.15) is 20.3 Å². The first-order valence-corrected chi connectivity index (χ1v) is 6.41. The van der Waals surface area contributed by atoms with Crippen LogP contribution in [0, 0.1) is 0 Å². The topological polar surface area (TPSA) is 115 Å². The summed E-state index contributed by atoms with van der Waals surface area (Å²) in [6, 6.07) is 3.04. The molecule has 9 heteroatoms. The molecular weight excluding hydrogens is 276 g/mol. The number of nitrogens with zero attached hydrogens (tertiary/aromatic N) is 4. The Balaban J connectivity index is 2.23. The van der Waals surface area contributed by atoms with Crippen LogP contribution in [-0.2, 0) is 0 Å². The summed E-state index contributed by atoms with van der Waals surface area (Å²) in [4.78, 5) is 23.1. The molecule has 0 bridgehead atoms. The van der Waals surface area contributed by atoms with Crippen LogP contribution in [0.15, 0.2) is 16.9 Å². The average Bonchev–Trinajstić information content (AvgIpc) is 2.49. The fourth-order valence-corrected chi connectivity index (χ4v) is 1.34. The molecule has 2 heterocycles. The average molecular weight is 292 g/mol. The first-order valence-electron chi connectivity index (χ1n) is 6.41. The summed E-state index contributed by atoms with van der Waals surface area (Å²) >= 11 is 0. The lowest BCUT2D eigenvalue weighted by Gasteiger charge is -2.12. The summed E-state index contributed by atoms with van der Waals surface area (Å²) in [6.07, 6.45) is 0.908. The van der Waals surface area contributed by atoms with Gasteiger partial charge < -0.3 is 14.8 Å². The maximum atomic E-state index is 10.9. The second kappa shape index (κ2) is 6.64. The van der Waals surface area contributed by atoms with Crippen LogP contribution in [0.2, 0.25) is 0 Å². The number of rotatable bonds is 6. The molecule has 0 saturated heterocycles. The Labute approximate surface area is 120 Å². The minimum Gasteiger partial charge on any atom is -0.467 e. The van der Waals surface area contributed by atoms with E-state index >= 15 is 0 Å². The van der Waals surface area contributed by atoms with Crippen LogP contribution in [0.25, 0.3) is 0 Å². The summed E-state index contributed by atoms with van der Waals surface area (Å²) in [5, 5.41) is 9.07. The number of aromatic amines is 1. The molecule has 2 N–H and O–H groups in total. The molecular formula is C12H16N6O3. The van der Waals surface area contributed by atoms with Crippen molar-refractivity contribution < 1.29 is 9.47 Å². The summed E-state index contributed by atoms with van der Waals surface area (Å²) in [7, 11) is 1.45. The molecule has 0 amide bonds. The molecule has 21 heavy (non-hydrogen) atoms. The van der Waals surface area contributed by atoms with Crippen molar-refractivity contribution in [1.82, 2.24) is 25.1 Å². The smallest absolute Gasteiger partial charge is 0.331 e. The van der Waals surface area contributed by atoms with Gasteiger partial charge >= 0.3 is 12.0 Å². The Bertz CT molecular complexity index is 639. The number of H-pyrrole nitrogens is 1. The van der Waals surface area contributed by atoms with Gasteiger partial charge in [-0.3, -0.25) is 4.79 Å². The molecule has 0 aliphatic heterocycles. The van der Waals surface area contributed by atoms with Gasteiger partial charge in [0.1, 0.15) is 0 Å². The predicted octanol–water partition coefficient (Wildman–Crippen LogP) is 0.966. The van der Waals surface area contributed by atoms with Crippen molar-refractivity contribution in [2.24, 2.45) is 0 Å². The van der Waals surface area contributed by atoms with E-state index in [0.29, 0.717) is 5.95 Å². The van der Waals surface area contributed by atoms with Crippen molar-refractivity contribution in [1.29, 1.82) is 0 Å². The lowest BCUT2D eigenvalue weighted by Crippen LogP contribution is -2.16. The maximum absolute atomic E-state index is 10.9. The molecule has 2 aromatic heterocycles. The summed E-state index contributed by atoms with van der Waals surface area (Å²) in [6.45, 7) is 4.04. The first-order chi connectivity index (χ1) is 10.1. The minimum absolute atomic E-state index is 0.0206. The molecule has 0 aliphatic rings. The largest absolute Gasteiger partial charge is 0.467 e. The molecule has 0 aromatic carbocycles. The van der Waals surface area contributed by atoms with Gasteiger partial charge in [-0.1, -0.05) is 6.92 Å². The lowest BCUT2D eigenvalue weighted by molar-refractivity contribution is 0.355. The Morgan fingerprint density at radius 2 is 2.05 bits per heavy atom. The maximum Gasteiger partial charge on any atom is 0.331 e. The molecule has 0 fully saturated rings. The summed E-state index contributed by atoms with van der Waals surface area (Å²) < 4.78 is 10.4. The van der Waals surface area contributed by atoms with Crippen molar-refractivity contribution in [3.8, 4) is 17.9 Å². The minimum atomic E-state index is -0.324. The van der Waals surface area contributed by atoms with Gasteiger partial charge in [0.15, 0.2) is 0 Å². The van der Waals surface area contributed by atoms with Gasteiger partial charge in [-0.25, -0.2) is 5.10 Å². The van der Waals surface area contributed by atoms with Crippen LogP contribution < -0.4 is 20.3 Å². The number of aromatic nitrogens is 5. The standard InChI is InChI=1S/C12H16N6O3/c1-4-7(2)13-10-14-11(20-3)16-12(15-10)21-9-6-5-8(19)17-18-9/h5-7H,4H2,1-3H3,(H,17,19)(H,13,14,15,16)/t7-/m0/s1. The van der Waals surface area contributed by atoms with Crippen molar-refractivity contribution in [2.75, 3.05) is 12.4 Å². The SMILES string of the molecule is CC[C@H](C)Nc1nc(OC)nc(Oc2ccc(=O)[nH]n2)n1. The van der Waals surface area contributed by atoms with Gasteiger partial charge in [0, 0.05) is 18.2 Å². The zero-order valence-corrected chi connectivity index (χ0v) is 12.0. The molecule has 0 radical (unpaired) electrons. The second-order valence-corrected chi connectivity index (χ2v) is 4.24. The first kappa shape index (κ1) is 14.7. The van der Waals surface area contributed by atoms with Crippen LogP contribution in [0.3, 0.4) is 0 Å². The lowest BCUT2D eigenvalue weighted by atomic mass is 10.3. The fourth-order valence-electron chi connectivity index (χ4n) is 1.34. The van der Waals surface area contributed by atoms with E-state index in [4.69, 9.17) is 9.47 Å². The highest BCUT2D eigenvalue weighted by molar-refractivity contribution is 5.29. The van der Waals surface area contributed by atoms with Crippen molar-refractivity contribution in [3.05, 3.63) is 22.5 Å². The highest BCUT2D eigenvalue weighted by Gasteiger charge is 2.11. The van der Waals surface area contributed by atoms with Gasteiger partial charge in [-0.2, -0.15) is 9.97 Å². The number of hydrogen-bond acceptors (Lipinski definition) is 8. The summed E-state index contributed by atoms with van der Waals surface area (Å²) in [5.74, 6) is 0.507. The molecule has 9 nitrogen and oxygen atoms in total. The third-order valence-electron chi connectivity index (χ3n) is 2.61. The molecule has 0 aliphatic carbocycles. The number of anilines is 1. The molecule has 0 unspecified atom stereocenters. The van der Waals surface area contributed by atoms with Crippen molar-refractivity contribution in [2.45, 2.75) is 26.3 Å². The highest BCUT2D eigenvalue weighted by Crippen LogP contribution is 2.18. The Morgan fingerprint density at radius 1 is 1.29 bits per heavy atom. The molecule has 112 valence electrons. The third-order valence-corrected chi connectivity index (χ3v) is 2.61. The van der Waals surface area contributed by atoms with E-state index in [1.165, 1.54) is 19.2 Å². The van der Waals surface area contributed by atoms with Gasteiger partial charge in [0.05, 0.1) is 7.11 Å². The number of ether oxygens (including phenoxy) is 2. The molecule has 1 atom stereocenters. The molecule has 2 aromatic rings. The normalized spacial score (nSPS) is 11.8. The van der Waals surface area contributed by atoms with E-state index < -0.39 is 0 Å². The molecule has 0 spiro atoms. The summed E-state index contributed by atoms with van der Waals surface area (Å²) in [5.41, 5.74) is -0.324. The van der Waals surface area contributed by atoms with E-state index in [0.717, 1.165) is 6.42 Å². The second-order valence-electron chi connectivity index (χ2n) is 4.24. The van der Waals surface area contributed by atoms with Crippen LogP contribution in [0.4, 0.5) is 5.95 Å². The Morgan fingerprint density at radius 3 is 2.67 bits per heavy atom. The Kier molecular flexibility index (Phi) is 4.64. The zero-order valence-electron chi connectivity index (χ0n) is 12.0. The number of hydrogen-bond donors (Lipinski definition) is 2. The monoisotopic (exact) mass is 292 g/mol. The van der Waals surface area contributed by atoms with Crippen LogP contribution in [-0.4, -0.2) is 38.3 Å². The van der Waals surface area contributed by atoms with Crippen molar-refractivity contribution >= 4 is 5.95 Å². The molecule has 0 saturated carbocycles. The third kappa shape index (κ3) is 4.13. The van der Waals surface area contributed by atoms with Gasteiger partial charge in [-0.05, 0) is 13.3 Å². The fraction of sp³-hybridized carbons (Fsp3) is 0.417.